The van der Waals surface area contributed by atoms with Crippen molar-refractivity contribution in [3.8, 4) is 0 Å². The predicted octanol–water partition coefficient (Wildman–Crippen LogP) is 3.29. The van der Waals surface area contributed by atoms with Gasteiger partial charge < -0.3 is 10.2 Å². The topological polar surface area (TPSA) is 114 Å². The van der Waals surface area contributed by atoms with Gasteiger partial charge in [0.2, 0.25) is 0 Å². The number of nitrogens with one attached hydrogen (secondary N) is 1. The second-order valence-electron chi connectivity index (χ2n) is 6.72. The van der Waals surface area contributed by atoms with E-state index >= 15 is 0 Å². The smallest absolute Gasteiger partial charge is 0.330 e. The molecule has 0 saturated carbocycles. The van der Waals surface area contributed by atoms with Crippen LogP contribution in [0.1, 0.15) is 42.8 Å². The molecule has 9 heteroatoms. The number of nitrogen functional groups attached to an aromatic ring is 1. The molecule has 0 spiro atoms. The molecule has 0 fully saturated rings. The van der Waals surface area contributed by atoms with Crippen LogP contribution in [-0.4, -0.2) is 22.0 Å². The summed E-state index contributed by atoms with van der Waals surface area (Å²) in [5.41, 5.74) is 5.78. The lowest BCUT2D eigenvalue weighted by molar-refractivity contribution is 0.0962. The Balaban J connectivity index is 2.15. The van der Waals surface area contributed by atoms with Crippen molar-refractivity contribution in [1.29, 1.82) is 0 Å². The van der Waals surface area contributed by atoms with Crippen LogP contribution in [0.3, 0.4) is 0 Å². The van der Waals surface area contributed by atoms with Crippen molar-refractivity contribution in [3.05, 3.63) is 55.4 Å². The maximum absolute atomic E-state index is 13.3. The summed E-state index contributed by atoms with van der Waals surface area (Å²) in [6.45, 7) is 5.94. The molecule has 0 saturated heterocycles. The van der Waals surface area contributed by atoms with Gasteiger partial charge in [-0.3, -0.25) is 24.0 Å². The fraction of sp³-hybridized carbons (Fsp3) is 0.350. The number of anilines is 2. The van der Waals surface area contributed by atoms with Crippen LogP contribution in [0.4, 0.5) is 11.5 Å². The summed E-state index contributed by atoms with van der Waals surface area (Å²) in [6, 6.07) is 5.25. The molecule has 2 aromatic heterocycles. The van der Waals surface area contributed by atoms with Crippen molar-refractivity contribution in [2.24, 2.45) is 0 Å². The first-order chi connectivity index (χ1) is 13.8. The van der Waals surface area contributed by atoms with E-state index in [0.717, 1.165) is 6.42 Å². The Kier molecular flexibility index (Phi) is 5.83. The largest absolute Gasteiger partial charge is 0.449 e. The highest BCUT2D eigenvalue weighted by Gasteiger charge is 2.28. The number of fused-ring (bicyclic) bond motifs is 1. The Labute approximate surface area is 171 Å². The number of aromatic amines is 1. The molecule has 2 heterocycles. The number of halogens is 1. The number of unbranched alkanes of at least 4 members (excludes halogenated alkanes) is 1. The lowest BCUT2D eigenvalue weighted by Gasteiger charge is -2.22. The predicted molar refractivity (Wildman–Crippen MR) is 114 cm³/mol. The summed E-state index contributed by atoms with van der Waals surface area (Å²) in [7, 11) is 0. The van der Waals surface area contributed by atoms with Crippen molar-refractivity contribution >= 4 is 40.0 Å². The van der Waals surface area contributed by atoms with Gasteiger partial charge in [0.1, 0.15) is 5.82 Å². The number of H-pyrrole nitrogens is 1. The van der Waals surface area contributed by atoms with Crippen LogP contribution >= 0.6 is 11.6 Å². The molecule has 0 aliphatic carbocycles. The van der Waals surface area contributed by atoms with Crippen LogP contribution < -0.4 is 21.9 Å². The number of rotatable bonds is 6. The lowest BCUT2D eigenvalue weighted by atomic mass is 10.1. The van der Waals surface area contributed by atoms with Gasteiger partial charge in [-0.05, 0) is 26.3 Å². The minimum Gasteiger partial charge on any atom is -0.449 e. The van der Waals surface area contributed by atoms with Crippen LogP contribution in [0, 0.1) is 6.92 Å². The number of nitrogens with two attached hydrogens (primary N) is 1. The molecule has 154 valence electrons. The molecule has 3 aromatic rings. The number of aromatic nitrogens is 2. The summed E-state index contributed by atoms with van der Waals surface area (Å²) < 4.78 is 7.03. The molecular weight excluding hydrogens is 396 g/mol. The highest BCUT2D eigenvalue weighted by Crippen LogP contribution is 2.32. The Hall–Kier alpha value is -3.00. The van der Waals surface area contributed by atoms with Gasteiger partial charge in [0.15, 0.2) is 17.0 Å². The summed E-state index contributed by atoms with van der Waals surface area (Å²) in [4.78, 5) is 41.5. The van der Waals surface area contributed by atoms with Crippen LogP contribution in [-0.2, 0) is 6.54 Å². The highest BCUT2D eigenvalue weighted by atomic mass is 35.5. The zero-order chi connectivity index (χ0) is 21.3. The van der Waals surface area contributed by atoms with Gasteiger partial charge in [0.25, 0.3) is 11.5 Å². The second-order valence-corrected chi connectivity index (χ2v) is 7.13. The van der Waals surface area contributed by atoms with Crippen LogP contribution in [0.5, 0.6) is 0 Å². The van der Waals surface area contributed by atoms with Crippen molar-refractivity contribution in [3.63, 3.8) is 0 Å². The third-order valence-electron chi connectivity index (χ3n) is 4.89. The van der Waals surface area contributed by atoms with Gasteiger partial charge in [0.05, 0.1) is 5.02 Å². The molecule has 29 heavy (non-hydrogen) atoms. The number of hydrogen-bond donors (Lipinski definition) is 2. The summed E-state index contributed by atoms with van der Waals surface area (Å²) in [5.74, 6) is -0.510. The molecule has 8 nitrogen and oxygen atoms in total. The number of aryl methyl sites for hydroxylation is 1. The number of amides is 1. The molecule has 0 aliphatic heterocycles. The first kappa shape index (κ1) is 20.7. The molecule has 0 radical (unpaired) electrons. The normalized spacial score (nSPS) is 11.2. The summed E-state index contributed by atoms with van der Waals surface area (Å²) >= 11 is 6.18. The first-order valence-electron chi connectivity index (χ1n) is 9.43. The average molecular weight is 419 g/mol. The van der Waals surface area contributed by atoms with Gasteiger partial charge in [0, 0.05) is 24.0 Å². The number of carbonyl (C=O) groups is 1. The number of furan rings is 1. The van der Waals surface area contributed by atoms with Gasteiger partial charge >= 0.3 is 5.69 Å². The zero-order valence-electron chi connectivity index (χ0n) is 16.5. The molecular formula is C20H23ClN4O4. The van der Waals surface area contributed by atoms with Crippen LogP contribution in [0.25, 0.3) is 11.0 Å². The number of hydrogen-bond acceptors (Lipinski definition) is 5. The lowest BCUT2D eigenvalue weighted by Crippen LogP contribution is -2.41. The molecule has 3 rings (SSSR count). The second kappa shape index (κ2) is 8.16. The molecule has 1 aromatic carbocycles. The van der Waals surface area contributed by atoms with Crippen LogP contribution in [0.2, 0.25) is 5.02 Å². The Bertz CT molecular complexity index is 1190. The summed E-state index contributed by atoms with van der Waals surface area (Å²) in [6.07, 6.45) is 1.55. The third-order valence-corrected chi connectivity index (χ3v) is 5.19. The number of nitrogens with zero attached hydrogens (tertiary/aromatic N) is 2. The van der Waals surface area contributed by atoms with E-state index in [2.05, 4.69) is 4.98 Å². The van der Waals surface area contributed by atoms with Gasteiger partial charge in [-0.25, -0.2) is 4.79 Å². The Morgan fingerprint density at radius 3 is 2.66 bits per heavy atom. The van der Waals surface area contributed by atoms with E-state index in [1.54, 1.807) is 32.0 Å². The maximum Gasteiger partial charge on any atom is 0.330 e. The molecule has 0 atom stereocenters. The van der Waals surface area contributed by atoms with Gasteiger partial charge in [-0.2, -0.15) is 0 Å². The molecule has 3 N–H and O–H groups in total. The van der Waals surface area contributed by atoms with E-state index in [0.29, 0.717) is 34.5 Å². The molecule has 1 amide bonds. The quantitative estimate of drug-likeness (QED) is 0.637. The van der Waals surface area contributed by atoms with Crippen molar-refractivity contribution in [2.75, 3.05) is 17.2 Å². The van der Waals surface area contributed by atoms with E-state index in [9.17, 15) is 14.4 Å². The number of carbonyl (C=O) groups excluding carboxylic acids is 1. The van der Waals surface area contributed by atoms with Gasteiger partial charge in [-0.1, -0.05) is 37.1 Å². The minimum atomic E-state index is -0.720. The first-order valence-corrected chi connectivity index (χ1v) is 9.81. The van der Waals surface area contributed by atoms with E-state index in [-0.39, 0.29) is 23.8 Å². The maximum atomic E-state index is 13.3. The standard InChI is InChI=1S/C20H23ClN4O4/c1-4-6-10-25-17(22)14(18(26)23-20(25)28)24(5-2)19(27)15-11(3)12-8-7-9-13(21)16(12)29-15/h7-9H,4-6,10,22H2,1-3H3,(H,23,26,28). The van der Waals surface area contributed by atoms with Crippen LogP contribution in [0.15, 0.2) is 32.2 Å². The molecule has 0 unspecified atom stereocenters. The fourth-order valence-corrected chi connectivity index (χ4v) is 3.53. The summed E-state index contributed by atoms with van der Waals surface area (Å²) in [5, 5.41) is 1.10. The van der Waals surface area contributed by atoms with Crippen molar-refractivity contribution < 1.29 is 9.21 Å². The monoisotopic (exact) mass is 418 g/mol. The van der Waals surface area contributed by atoms with E-state index in [1.807, 2.05) is 6.92 Å². The van der Waals surface area contributed by atoms with Crippen molar-refractivity contribution in [2.45, 2.75) is 40.2 Å². The fourth-order valence-electron chi connectivity index (χ4n) is 3.32. The van der Waals surface area contributed by atoms with Gasteiger partial charge in [-0.15, -0.1) is 0 Å². The number of para-hydroxylation sites is 1. The van der Waals surface area contributed by atoms with Crippen molar-refractivity contribution in [1.82, 2.24) is 9.55 Å². The third kappa shape index (κ3) is 3.55. The zero-order valence-corrected chi connectivity index (χ0v) is 17.3. The number of benzene rings is 1. The molecule has 0 aliphatic rings. The highest BCUT2D eigenvalue weighted by molar-refractivity contribution is 6.35. The van der Waals surface area contributed by atoms with E-state index < -0.39 is 17.2 Å². The SMILES string of the molecule is CCCCn1c(N)c(N(CC)C(=O)c2oc3c(Cl)cccc3c2C)c(=O)[nH]c1=O. The Morgan fingerprint density at radius 2 is 2.03 bits per heavy atom. The molecule has 0 bridgehead atoms. The van der Waals surface area contributed by atoms with E-state index in [4.69, 9.17) is 21.8 Å². The Morgan fingerprint density at radius 1 is 1.31 bits per heavy atom. The average Bonchev–Trinajstić information content (AvgIpc) is 3.02. The van der Waals surface area contributed by atoms with E-state index in [1.165, 1.54) is 9.47 Å². The minimum absolute atomic E-state index is 0.0470.